The van der Waals surface area contributed by atoms with Crippen molar-refractivity contribution >= 4 is 45.8 Å². The van der Waals surface area contributed by atoms with E-state index in [2.05, 4.69) is 10.5 Å². The van der Waals surface area contributed by atoms with Crippen LogP contribution in [0.3, 0.4) is 0 Å². The van der Waals surface area contributed by atoms with Crippen molar-refractivity contribution in [1.29, 1.82) is 0 Å². The third-order valence-electron chi connectivity index (χ3n) is 1.82. The molecule has 0 saturated heterocycles. The standard InChI is InChI=1S/C10H12N4S2/c1-6-2-4-7(5-3-6)13-14-8(9(11)15)10(12)16/h2-5,13H,1H3,(H2,11,15)(H2,12,16). The van der Waals surface area contributed by atoms with Gasteiger partial charge in [-0.05, 0) is 19.1 Å². The van der Waals surface area contributed by atoms with E-state index in [4.69, 9.17) is 35.9 Å². The number of aryl methyl sites for hydroxylation is 1. The first-order valence-electron chi connectivity index (χ1n) is 4.50. The normalized spacial score (nSPS) is 9.31. The molecule has 0 unspecified atom stereocenters. The molecular weight excluding hydrogens is 240 g/mol. The minimum atomic E-state index is 0.0760. The van der Waals surface area contributed by atoms with Crippen LogP contribution < -0.4 is 16.9 Å². The highest BCUT2D eigenvalue weighted by Crippen LogP contribution is 2.08. The molecule has 0 bridgehead atoms. The molecule has 0 aromatic heterocycles. The summed E-state index contributed by atoms with van der Waals surface area (Å²) in [6, 6.07) is 7.68. The van der Waals surface area contributed by atoms with Gasteiger partial charge in [-0.25, -0.2) is 0 Å². The summed E-state index contributed by atoms with van der Waals surface area (Å²) in [6.45, 7) is 2.00. The Morgan fingerprint density at radius 2 is 1.62 bits per heavy atom. The fraction of sp³-hybridized carbons (Fsp3) is 0.100. The number of thiocarbonyl (C=S) groups is 2. The number of rotatable bonds is 4. The summed E-state index contributed by atoms with van der Waals surface area (Å²) < 4.78 is 0. The molecule has 0 spiro atoms. The monoisotopic (exact) mass is 252 g/mol. The van der Waals surface area contributed by atoms with Gasteiger partial charge in [-0.3, -0.25) is 5.43 Å². The maximum atomic E-state index is 5.42. The Bertz CT molecular complexity index is 421. The van der Waals surface area contributed by atoms with Crippen LogP contribution in [0, 0.1) is 6.92 Å². The summed E-state index contributed by atoms with van der Waals surface area (Å²) in [6.07, 6.45) is 0. The van der Waals surface area contributed by atoms with Gasteiger partial charge in [0.2, 0.25) is 0 Å². The molecule has 1 rings (SSSR count). The van der Waals surface area contributed by atoms with E-state index < -0.39 is 0 Å². The average molecular weight is 252 g/mol. The largest absolute Gasteiger partial charge is 0.388 e. The van der Waals surface area contributed by atoms with Crippen molar-refractivity contribution in [2.45, 2.75) is 6.92 Å². The number of nitrogens with one attached hydrogen (secondary N) is 1. The molecule has 5 N–H and O–H groups in total. The third kappa shape index (κ3) is 3.56. The van der Waals surface area contributed by atoms with Crippen molar-refractivity contribution in [2.24, 2.45) is 16.6 Å². The first-order valence-corrected chi connectivity index (χ1v) is 5.32. The highest BCUT2D eigenvalue weighted by Gasteiger charge is 2.06. The van der Waals surface area contributed by atoms with E-state index in [1.54, 1.807) is 0 Å². The van der Waals surface area contributed by atoms with Gasteiger partial charge < -0.3 is 11.5 Å². The lowest BCUT2D eigenvalue weighted by Gasteiger charge is -2.04. The van der Waals surface area contributed by atoms with Gasteiger partial charge in [0.25, 0.3) is 0 Å². The Balaban J connectivity index is 2.81. The molecule has 0 atom stereocenters. The number of nitrogens with two attached hydrogens (primary N) is 2. The molecule has 84 valence electrons. The van der Waals surface area contributed by atoms with Gasteiger partial charge in [-0.2, -0.15) is 5.10 Å². The number of hydrazone groups is 1. The molecule has 0 aliphatic heterocycles. The van der Waals surface area contributed by atoms with Crippen LogP contribution in [0.2, 0.25) is 0 Å². The van der Waals surface area contributed by atoms with Gasteiger partial charge in [0, 0.05) is 0 Å². The SMILES string of the molecule is Cc1ccc(NN=C(C(N)=S)C(N)=S)cc1. The van der Waals surface area contributed by atoms with Crippen LogP contribution in [0.15, 0.2) is 29.4 Å². The number of hydrogen-bond donors (Lipinski definition) is 3. The smallest absolute Gasteiger partial charge is 0.151 e. The fourth-order valence-electron chi connectivity index (χ4n) is 0.980. The molecule has 16 heavy (non-hydrogen) atoms. The molecule has 1 aromatic rings. The quantitative estimate of drug-likeness (QED) is 0.428. The third-order valence-corrected chi connectivity index (χ3v) is 2.20. The lowest BCUT2D eigenvalue weighted by atomic mass is 10.2. The molecule has 0 fully saturated rings. The minimum Gasteiger partial charge on any atom is -0.388 e. The van der Waals surface area contributed by atoms with E-state index >= 15 is 0 Å². The number of hydrogen-bond acceptors (Lipinski definition) is 4. The zero-order chi connectivity index (χ0) is 12.1. The van der Waals surface area contributed by atoms with Crippen LogP contribution in [0.4, 0.5) is 5.69 Å². The lowest BCUT2D eigenvalue weighted by molar-refractivity contribution is 1.34. The van der Waals surface area contributed by atoms with Crippen LogP contribution >= 0.6 is 24.4 Å². The summed E-state index contributed by atoms with van der Waals surface area (Å²) in [5.41, 5.74) is 15.8. The van der Waals surface area contributed by atoms with Crippen molar-refractivity contribution < 1.29 is 0 Å². The van der Waals surface area contributed by atoms with Crippen molar-refractivity contribution in [1.82, 2.24) is 0 Å². The van der Waals surface area contributed by atoms with Gasteiger partial charge >= 0.3 is 0 Å². The predicted octanol–water partition coefficient (Wildman–Crippen LogP) is 1.34. The van der Waals surface area contributed by atoms with Gasteiger partial charge in [-0.15, -0.1) is 0 Å². The molecule has 0 heterocycles. The molecule has 1 aromatic carbocycles. The Morgan fingerprint density at radius 1 is 1.12 bits per heavy atom. The van der Waals surface area contributed by atoms with Gasteiger partial charge in [-0.1, -0.05) is 42.1 Å². The van der Waals surface area contributed by atoms with E-state index in [9.17, 15) is 0 Å². The molecule has 0 radical (unpaired) electrons. The van der Waals surface area contributed by atoms with Crippen LogP contribution in [-0.2, 0) is 0 Å². The minimum absolute atomic E-state index is 0.0760. The van der Waals surface area contributed by atoms with Crippen molar-refractivity contribution in [2.75, 3.05) is 5.43 Å². The number of anilines is 1. The fourth-order valence-corrected chi connectivity index (χ4v) is 1.36. The summed E-state index contributed by atoms with van der Waals surface area (Å²) in [7, 11) is 0. The Kier molecular flexibility index (Phi) is 4.33. The number of nitrogens with zero attached hydrogens (tertiary/aromatic N) is 1. The van der Waals surface area contributed by atoms with Crippen molar-refractivity contribution in [3.8, 4) is 0 Å². The maximum Gasteiger partial charge on any atom is 0.151 e. The van der Waals surface area contributed by atoms with Crippen LogP contribution in [0.25, 0.3) is 0 Å². The second kappa shape index (κ2) is 5.53. The van der Waals surface area contributed by atoms with E-state index in [-0.39, 0.29) is 15.7 Å². The van der Waals surface area contributed by atoms with Gasteiger partial charge in [0.05, 0.1) is 5.69 Å². The lowest BCUT2D eigenvalue weighted by Crippen LogP contribution is -2.33. The van der Waals surface area contributed by atoms with Crippen LogP contribution in [0.1, 0.15) is 5.56 Å². The van der Waals surface area contributed by atoms with Gasteiger partial charge in [0.15, 0.2) is 5.71 Å². The highest BCUT2D eigenvalue weighted by atomic mass is 32.1. The van der Waals surface area contributed by atoms with Crippen molar-refractivity contribution in [3.63, 3.8) is 0 Å². The zero-order valence-corrected chi connectivity index (χ0v) is 10.4. The topological polar surface area (TPSA) is 76.4 Å². The Hall–Kier alpha value is -1.53. The van der Waals surface area contributed by atoms with E-state index in [0.717, 1.165) is 5.69 Å². The van der Waals surface area contributed by atoms with Crippen LogP contribution in [0.5, 0.6) is 0 Å². The molecule has 6 heteroatoms. The molecule has 0 saturated carbocycles. The summed E-state index contributed by atoms with van der Waals surface area (Å²) in [5.74, 6) is 0. The van der Waals surface area contributed by atoms with E-state index in [1.807, 2.05) is 31.2 Å². The predicted molar refractivity (Wildman–Crippen MR) is 75.8 cm³/mol. The van der Waals surface area contributed by atoms with E-state index in [1.165, 1.54) is 5.56 Å². The van der Waals surface area contributed by atoms with Crippen LogP contribution in [-0.4, -0.2) is 15.7 Å². The summed E-state index contributed by atoms with van der Waals surface area (Å²) >= 11 is 9.54. The second-order valence-electron chi connectivity index (χ2n) is 3.17. The number of benzene rings is 1. The average Bonchev–Trinajstić information content (AvgIpc) is 2.20. The zero-order valence-electron chi connectivity index (χ0n) is 8.73. The first kappa shape index (κ1) is 12.5. The van der Waals surface area contributed by atoms with Crippen molar-refractivity contribution in [3.05, 3.63) is 29.8 Å². The molecule has 0 amide bonds. The van der Waals surface area contributed by atoms with E-state index in [0.29, 0.717) is 0 Å². The molecular formula is C10H12N4S2. The first-order chi connectivity index (χ1) is 7.50. The second-order valence-corrected chi connectivity index (χ2v) is 4.05. The summed E-state index contributed by atoms with van der Waals surface area (Å²) in [4.78, 5) is 0.152. The molecule has 0 aliphatic rings. The Morgan fingerprint density at radius 3 is 2.06 bits per heavy atom. The molecule has 4 nitrogen and oxygen atoms in total. The summed E-state index contributed by atoms with van der Waals surface area (Å²) in [5, 5.41) is 3.96. The van der Waals surface area contributed by atoms with Gasteiger partial charge in [0.1, 0.15) is 9.98 Å². The maximum absolute atomic E-state index is 5.42. The highest BCUT2D eigenvalue weighted by molar-refractivity contribution is 7.85. The Labute approximate surface area is 105 Å². The molecule has 0 aliphatic carbocycles.